The molecule has 1 aliphatic carbocycles. The number of hydrogen-bond donors (Lipinski definition) is 3. The van der Waals surface area contributed by atoms with Crippen molar-refractivity contribution < 1.29 is 19.1 Å². The van der Waals surface area contributed by atoms with Crippen molar-refractivity contribution in [3.63, 3.8) is 0 Å². The molecule has 0 saturated heterocycles. The molecule has 5 rings (SSSR count). The lowest BCUT2D eigenvalue weighted by molar-refractivity contribution is 0.0858. The maximum Gasteiger partial charge on any atom is 0.274 e. The standard InChI is InChI=1S/C24H19FN4O3/c25-17-9-8-15(23(31)28-19-11-14-5-1-2-6-16(14)22(19)30)12-18(17)27-24(32)20-13-26-21-7-3-4-10-29(20)21/h1-10,12-13,19,22,30H,11H2,(H,27,32)(H,28,31)/t19-,22+/m1/s1. The molecule has 8 heteroatoms. The van der Waals surface area contributed by atoms with Crippen molar-refractivity contribution in [1.29, 1.82) is 0 Å². The second-order valence-corrected chi connectivity index (χ2v) is 7.65. The number of imidazole rings is 1. The van der Waals surface area contributed by atoms with Gasteiger partial charge in [0.2, 0.25) is 0 Å². The quantitative estimate of drug-likeness (QED) is 0.464. The van der Waals surface area contributed by atoms with Gasteiger partial charge in [0.15, 0.2) is 0 Å². The van der Waals surface area contributed by atoms with Crippen molar-refractivity contribution in [3.8, 4) is 0 Å². The predicted molar refractivity (Wildman–Crippen MR) is 116 cm³/mol. The van der Waals surface area contributed by atoms with Crippen LogP contribution < -0.4 is 10.6 Å². The van der Waals surface area contributed by atoms with Crippen molar-refractivity contribution in [1.82, 2.24) is 14.7 Å². The number of fused-ring (bicyclic) bond motifs is 2. The van der Waals surface area contributed by atoms with E-state index in [4.69, 9.17) is 0 Å². The molecule has 2 amide bonds. The lowest BCUT2D eigenvalue weighted by Gasteiger charge is -2.17. The maximum absolute atomic E-state index is 14.4. The van der Waals surface area contributed by atoms with Crippen molar-refractivity contribution in [2.45, 2.75) is 18.6 Å². The average molecular weight is 430 g/mol. The normalized spacial score (nSPS) is 17.2. The van der Waals surface area contributed by atoms with E-state index in [0.29, 0.717) is 12.1 Å². The number of anilines is 1. The second kappa shape index (κ2) is 7.90. The Balaban J connectivity index is 1.34. The summed E-state index contributed by atoms with van der Waals surface area (Å²) in [4.78, 5) is 29.6. The van der Waals surface area contributed by atoms with E-state index in [9.17, 15) is 19.1 Å². The fraction of sp³-hybridized carbons (Fsp3) is 0.125. The van der Waals surface area contributed by atoms with Gasteiger partial charge < -0.3 is 15.7 Å². The minimum absolute atomic E-state index is 0.121. The molecule has 2 atom stereocenters. The van der Waals surface area contributed by atoms with E-state index in [1.807, 2.05) is 24.3 Å². The molecule has 3 N–H and O–H groups in total. The monoisotopic (exact) mass is 430 g/mol. The van der Waals surface area contributed by atoms with E-state index >= 15 is 0 Å². The molecule has 0 radical (unpaired) electrons. The summed E-state index contributed by atoms with van der Waals surface area (Å²) in [7, 11) is 0. The van der Waals surface area contributed by atoms with Crippen LogP contribution >= 0.6 is 0 Å². The molecular formula is C24H19FN4O3. The fourth-order valence-corrected chi connectivity index (χ4v) is 4.00. The van der Waals surface area contributed by atoms with Gasteiger partial charge in [0, 0.05) is 11.8 Å². The number of carbonyl (C=O) groups excluding carboxylic acids is 2. The molecule has 1 aliphatic rings. The minimum atomic E-state index is -0.815. The molecule has 0 unspecified atom stereocenters. The highest BCUT2D eigenvalue weighted by atomic mass is 19.1. The number of nitrogens with zero attached hydrogens (tertiary/aromatic N) is 2. The van der Waals surface area contributed by atoms with Crippen LogP contribution in [0.5, 0.6) is 0 Å². The maximum atomic E-state index is 14.4. The molecular weight excluding hydrogens is 411 g/mol. The van der Waals surface area contributed by atoms with Gasteiger partial charge in [0.1, 0.15) is 17.2 Å². The zero-order chi connectivity index (χ0) is 22.2. The van der Waals surface area contributed by atoms with E-state index < -0.39 is 29.8 Å². The van der Waals surface area contributed by atoms with Crippen molar-refractivity contribution in [2.75, 3.05) is 5.32 Å². The molecule has 2 heterocycles. The van der Waals surface area contributed by atoms with Gasteiger partial charge in [-0.1, -0.05) is 30.3 Å². The first-order chi connectivity index (χ1) is 15.5. The largest absolute Gasteiger partial charge is 0.386 e. The molecule has 32 heavy (non-hydrogen) atoms. The summed E-state index contributed by atoms with van der Waals surface area (Å²) >= 11 is 0. The minimum Gasteiger partial charge on any atom is -0.386 e. The van der Waals surface area contributed by atoms with Crippen molar-refractivity contribution in [2.24, 2.45) is 0 Å². The molecule has 160 valence electrons. The highest BCUT2D eigenvalue weighted by molar-refractivity contribution is 6.04. The highest BCUT2D eigenvalue weighted by Crippen LogP contribution is 2.31. The summed E-state index contributed by atoms with van der Waals surface area (Å²) in [6.45, 7) is 0. The molecule has 7 nitrogen and oxygen atoms in total. The Labute approximate surface area is 182 Å². The van der Waals surface area contributed by atoms with Crippen LogP contribution in [0.25, 0.3) is 5.65 Å². The summed E-state index contributed by atoms with van der Waals surface area (Å²) in [5, 5.41) is 15.8. The summed E-state index contributed by atoms with van der Waals surface area (Å²) in [6.07, 6.45) is 2.77. The first kappa shape index (κ1) is 19.9. The van der Waals surface area contributed by atoms with Gasteiger partial charge in [-0.3, -0.25) is 14.0 Å². The zero-order valence-corrected chi connectivity index (χ0v) is 16.8. The van der Waals surface area contributed by atoms with Crippen molar-refractivity contribution >= 4 is 23.1 Å². The number of nitrogens with one attached hydrogen (secondary N) is 2. The number of aromatic nitrogens is 2. The lowest BCUT2D eigenvalue weighted by Crippen LogP contribution is -2.37. The molecule has 2 aromatic heterocycles. The number of halogens is 1. The van der Waals surface area contributed by atoms with E-state index in [-0.39, 0.29) is 16.9 Å². The number of aliphatic hydroxyl groups excluding tert-OH is 1. The van der Waals surface area contributed by atoms with E-state index in [1.54, 1.807) is 28.8 Å². The van der Waals surface area contributed by atoms with Crippen LogP contribution in [0.1, 0.15) is 38.1 Å². The van der Waals surface area contributed by atoms with E-state index in [2.05, 4.69) is 15.6 Å². The number of aliphatic hydroxyl groups is 1. The molecule has 0 bridgehead atoms. The lowest BCUT2D eigenvalue weighted by atomic mass is 10.1. The van der Waals surface area contributed by atoms with Crippen LogP contribution in [0.2, 0.25) is 0 Å². The molecule has 0 fully saturated rings. The molecule has 0 aliphatic heterocycles. The van der Waals surface area contributed by atoms with Gasteiger partial charge in [0.25, 0.3) is 11.8 Å². The van der Waals surface area contributed by atoms with Crippen molar-refractivity contribution in [3.05, 3.63) is 101 Å². The van der Waals surface area contributed by atoms with E-state index in [0.717, 1.165) is 17.2 Å². The first-order valence-electron chi connectivity index (χ1n) is 10.1. The molecule has 0 spiro atoms. The number of hydrogen-bond acceptors (Lipinski definition) is 4. The Morgan fingerprint density at radius 2 is 1.88 bits per heavy atom. The van der Waals surface area contributed by atoms with Crippen LogP contribution in [0.3, 0.4) is 0 Å². The zero-order valence-electron chi connectivity index (χ0n) is 16.8. The average Bonchev–Trinajstić information content (AvgIpc) is 3.37. The van der Waals surface area contributed by atoms with Gasteiger partial charge in [-0.2, -0.15) is 0 Å². The van der Waals surface area contributed by atoms with Gasteiger partial charge in [-0.25, -0.2) is 9.37 Å². The molecule has 0 saturated carbocycles. The number of amides is 2. The number of benzene rings is 2. The van der Waals surface area contributed by atoms with Gasteiger partial charge in [-0.05, 0) is 47.9 Å². The Morgan fingerprint density at radius 1 is 1.06 bits per heavy atom. The smallest absolute Gasteiger partial charge is 0.274 e. The number of carbonyl (C=O) groups is 2. The summed E-state index contributed by atoms with van der Waals surface area (Å²) in [5.74, 6) is -1.69. The van der Waals surface area contributed by atoms with Crippen LogP contribution in [-0.2, 0) is 6.42 Å². The molecule has 4 aromatic rings. The Kier molecular flexibility index (Phi) is 4.91. The van der Waals surface area contributed by atoms with Crippen LogP contribution in [-0.4, -0.2) is 32.3 Å². The summed E-state index contributed by atoms with van der Waals surface area (Å²) < 4.78 is 16.0. The second-order valence-electron chi connectivity index (χ2n) is 7.65. The number of pyridine rings is 1. The van der Waals surface area contributed by atoms with Gasteiger partial charge in [-0.15, -0.1) is 0 Å². The van der Waals surface area contributed by atoms with Crippen LogP contribution in [0.4, 0.5) is 10.1 Å². The van der Waals surface area contributed by atoms with Crippen LogP contribution in [0, 0.1) is 5.82 Å². The topological polar surface area (TPSA) is 95.7 Å². The predicted octanol–water partition coefficient (Wildman–Crippen LogP) is 3.11. The molecule has 2 aromatic carbocycles. The summed E-state index contributed by atoms with van der Waals surface area (Å²) in [6, 6.07) is 16.0. The Bertz CT molecular complexity index is 1350. The first-order valence-corrected chi connectivity index (χ1v) is 10.1. The highest BCUT2D eigenvalue weighted by Gasteiger charge is 2.32. The third-order valence-electron chi connectivity index (χ3n) is 5.64. The number of rotatable bonds is 4. The third-order valence-corrected chi connectivity index (χ3v) is 5.64. The Hall–Kier alpha value is -4.04. The van der Waals surface area contributed by atoms with Gasteiger partial charge in [0.05, 0.1) is 24.0 Å². The van der Waals surface area contributed by atoms with Gasteiger partial charge >= 0.3 is 0 Å². The van der Waals surface area contributed by atoms with E-state index in [1.165, 1.54) is 18.3 Å². The third kappa shape index (κ3) is 3.50. The fourth-order valence-electron chi connectivity index (χ4n) is 4.00. The summed E-state index contributed by atoms with van der Waals surface area (Å²) in [5.41, 5.74) is 2.64. The Morgan fingerprint density at radius 3 is 2.72 bits per heavy atom. The van der Waals surface area contributed by atoms with Crippen LogP contribution in [0.15, 0.2) is 73.1 Å². The SMILES string of the molecule is O=C(N[C@@H]1Cc2ccccc2[C@@H]1O)c1ccc(F)c(NC(=O)c2cnc3ccccn23)c1.